The largest absolute Gasteiger partial charge is 0.388 e. The Bertz CT molecular complexity index is 667. The predicted octanol–water partition coefficient (Wildman–Crippen LogP) is 2.53. The monoisotopic (exact) mass is 338 g/mol. The summed E-state index contributed by atoms with van der Waals surface area (Å²) in [5, 5.41) is 10.5. The number of amides is 1. The lowest BCUT2D eigenvalue weighted by Crippen LogP contribution is -2.48. The number of nitrogens with zero attached hydrogens (tertiary/aromatic N) is 1. The lowest BCUT2D eigenvalue weighted by molar-refractivity contribution is -0.134. The van der Waals surface area contributed by atoms with Crippen LogP contribution in [-0.2, 0) is 11.2 Å². The van der Waals surface area contributed by atoms with E-state index in [1.807, 2.05) is 65.6 Å². The first-order valence-electron chi connectivity index (χ1n) is 8.96. The first-order valence-corrected chi connectivity index (χ1v) is 8.96. The van der Waals surface area contributed by atoms with Crippen LogP contribution in [-0.4, -0.2) is 35.0 Å². The molecule has 2 aromatic rings. The van der Waals surface area contributed by atoms with Crippen molar-refractivity contribution < 1.29 is 9.90 Å². The highest BCUT2D eigenvalue weighted by Gasteiger charge is 2.30. The van der Waals surface area contributed by atoms with E-state index >= 15 is 0 Å². The SMILES string of the molecule is NC(Cc1ccccc1)C(=O)N1CCC(C(O)c2ccccc2)CC1. The third-order valence-electron chi connectivity index (χ3n) is 5.05. The highest BCUT2D eigenvalue weighted by Crippen LogP contribution is 2.30. The quantitative estimate of drug-likeness (QED) is 0.880. The molecule has 1 heterocycles. The summed E-state index contributed by atoms with van der Waals surface area (Å²) in [5.74, 6) is 0.202. The summed E-state index contributed by atoms with van der Waals surface area (Å²) in [7, 11) is 0. The lowest BCUT2D eigenvalue weighted by atomic mass is 9.87. The van der Waals surface area contributed by atoms with Gasteiger partial charge in [0.2, 0.25) is 5.91 Å². The van der Waals surface area contributed by atoms with E-state index in [9.17, 15) is 9.90 Å². The van der Waals surface area contributed by atoms with Crippen molar-refractivity contribution in [1.29, 1.82) is 0 Å². The number of hydrogen-bond acceptors (Lipinski definition) is 3. The van der Waals surface area contributed by atoms with Gasteiger partial charge in [-0.25, -0.2) is 0 Å². The number of carbonyl (C=O) groups is 1. The van der Waals surface area contributed by atoms with Gasteiger partial charge in [0.1, 0.15) is 0 Å². The number of rotatable bonds is 5. The molecule has 1 fully saturated rings. The van der Waals surface area contributed by atoms with Gasteiger partial charge in [-0.05, 0) is 36.3 Å². The summed E-state index contributed by atoms with van der Waals surface area (Å²) in [6, 6.07) is 19.1. The molecule has 0 radical (unpaired) electrons. The van der Waals surface area contributed by atoms with Crippen LogP contribution in [0.4, 0.5) is 0 Å². The molecule has 4 nitrogen and oxygen atoms in total. The molecule has 1 aliphatic heterocycles. The van der Waals surface area contributed by atoms with E-state index in [1.165, 1.54) is 0 Å². The van der Waals surface area contributed by atoms with Gasteiger partial charge in [0.15, 0.2) is 0 Å². The van der Waals surface area contributed by atoms with E-state index in [4.69, 9.17) is 5.73 Å². The van der Waals surface area contributed by atoms with Crippen molar-refractivity contribution in [3.8, 4) is 0 Å². The molecule has 4 heteroatoms. The van der Waals surface area contributed by atoms with E-state index in [0.29, 0.717) is 19.5 Å². The number of nitrogens with two attached hydrogens (primary N) is 1. The topological polar surface area (TPSA) is 66.6 Å². The number of hydrogen-bond donors (Lipinski definition) is 2. The van der Waals surface area contributed by atoms with E-state index in [1.54, 1.807) is 0 Å². The average Bonchev–Trinajstić information content (AvgIpc) is 2.68. The molecule has 3 N–H and O–H groups in total. The van der Waals surface area contributed by atoms with Gasteiger partial charge in [-0.1, -0.05) is 60.7 Å². The number of carbonyl (C=O) groups excluding carboxylic acids is 1. The number of piperidine rings is 1. The van der Waals surface area contributed by atoms with Crippen molar-refractivity contribution in [2.45, 2.75) is 31.4 Å². The van der Waals surface area contributed by atoms with Crippen LogP contribution >= 0.6 is 0 Å². The highest BCUT2D eigenvalue weighted by atomic mass is 16.3. The van der Waals surface area contributed by atoms with Gasteiger partial charge in [-0.3, -0.25) is 4.79 Å². The lowest BCUT2D eigenvalue weighted by Gasteiger charge is -2.35. The Kier molecular flexibility index (Phi) is 5.84. The van der Waals surface area contributed by atoms with Crippen LogP contribution < -0.4 is 5.73 Å². The molecule has 0 aromatic heterocycles. The Balaban J connectivity index is 1.52. The third kappa shape index (κ3) is 4.47. The Labute approximate surface area is 149 Å². The Morgan fingerprint density at radius 1 is 1.04 bits per heavy atom. The molecular weight excluding hydrogens is 312 g/mol. The zero-order valence-electron chi connectivity index (χ0n) is 14.4. The molecule has 0 aliphatic carbocycles. The normalized spacial score (nSPS) is 17.9. The van der Waals surface area contributed by atoms with E-state index < -0.39 is 12.1 Å². The number of likely N-dealkylation sites (tertiary alicyclic amines) is 1. The molecule has 0 bridgehead atoms. The smallest absolute Gasteiger partial charge is 0.239 e. The van der Waals surface area contributed by atoms with Crippen LogP contribution in [0, 0.1) is 5.92 Å². The second-order valence-electron chi connectivity index (χ2n) is 6.81. The van der Waals surface area contributed by atoms with Gasteiger partial charge in [0, 0.05) is 13.1 Å². The summed E-state index contributed by atoms with van der Waals surface area (Å²) in [6.45, 7) is 1.33. The van der Waals surface area contributed by atoms with Gasteiger partial charge in [0.05, 0.1) is 12.1 Å². The molecule has 0 spiro atoms. The van der Waals surface area contributed by atoms with Gasteiger partial charge in [-0.2, -0.15) is 0 Å². The molecule has 0 saturated carbocycles. The van der Waals surface area contributed by atoms with Crippen LogP contribution in [0.25, 0.3) is 0 Å². The second-order valence-corrected chi connectivity index (χ2v) is 6.81. The molecule has 2 unspecified atom stereocenters. The standard InChI is InChI=1S/C21H26N2O2/c22-19(15-16-7-3-1-4-8-16)21(25)23-13-11-18(12-14-23)20(24)17-9-5-2-6-10-17/h1-10,18-20,24H,11-15,22H2. The molecular formula is C21H26N2O2. The van der Waals surface area contributed by atoms with Crippen LogP contribution in [0.15, 0.2) is 60.7 Å². The number of benzene rings is 2. The zero-order chi connectivity index (χ0) is 17.6. The summed E-state index contributed by atoms with van der Waals surface area (Å²) in [4.78, 5) is 14.4. The zero-order valence-corrected chi connectivity index (χ0v) is 14.4. The Hall–Kier alpha value is -2.17. The van der Waals surface area contributed by atoms with Crippen molar-refractivity contribution in [2.24, 2.45) is 11.7 Å². The van der Waals surface area contributed by atoms with Crippen molar-refractivity contribution in [3.05, 3.63) is 71.8 Å². The molecule has 1 amide bonds. The maximum atomic E-state index is 12.6. The maximum Gasteiger partial charge on any atom is 0.239 e. The van der Waals surface area contributed by atoms with Crippen molar-refractivity contribution >= 4 is 5.91 Å². The molecule has 1 saturated heterocycles. The summed E-state index contributed by atoms with van der Waals surface area (Å²) in [5.41, 5.74) is 8.16. The average molecular weight is 338 g/mol. The number of aliphatic hydroxyl groups is 1. The third-order valence-corrected chi connectivity index (χ3v) is 5.05. The second kappa shape index (κ2) is 8.28. The molecule has 3 rings (SSSR count). The maximum absolute atomic E-state index is 12.6. The molecule has 132 valence electrons. The van der Waals surface area contributed by atoms with Gasteiger partial charge >= 0.3 is 0 Å². The Morgan fingerprint density at radius 2 is 1.60 bits per heavy atom. The summed E-state index contributed by atoms with van der Waals surface area (Å²) in [6.07, 6.45) is 1.71. The van der Waals surface area contributed by atoms with E-state index in [-0.39, 0.29) is 11.8 Å². The van der Waals surface area contributed by atoms with Gasteiger partial charge in [0.25, 0.3) is 0 Å². The first kappa shape index (κ1) is 17.6. The van der Waals surface area contributed by atoms with E-state index in [0.717, 1.165) is 24.0 Å². The minimum absolute atomic E-state index is 0.0107. The molecule has 2 aromatic carbocycles. The van der Waals surface area contributed by atoms with Gasteiger partial charge in [-0.15, -0.1) is 0 Å². The Morgan fingerprint density at radius 3 is 2.20 bits per heavy atom. The fourth-order valence-corrected chi connectivity index (χ4v) is 3.55. The minimum atomic E-state index is -0.502. The molecule has 2 atom stereocenters. The first-order chi connectivity index (χ1) is 12.1. The van der Waals surface area contributed by atoms with Crippen LogP contribution in [0.1, 0.15) is 30.1 Å². The van der Waals surface area contributed by atoms with Crippen molar-refractivity contribution in [1.82, 2.24) is 4.90 Å². The van der Waals surface area contributed by atoms with Crippen LogP contribution in [0.5, 0.6) is 0 Å². The number of aliphatic hydroxyl groups excluding tert-OH is 1. The fourth-order valence-electron chi connectivity index (χ4n) is 3.55. The van der Waals surface area contributed by atoms with Crippen molar-refractivity contribution in [3.63, 3.8) is 0 Å². The summed E-state index contributed by atoms with van der Waals surface area (Å²) < 4.78 is 0. The highest BCUT2D eigenvalue weighted by molar-refractivity contribution is 5.82. The van der Waals surface area contributed by atoms with Crippen molar-refractivity contribution in [2.75, 3.05) is 13.1 Å². The fraction of sp³-hybridized carbons (Fsp3) is 0.381. The van der Waals surface area contributed by atoms with Gasteiger partial charge < -0.3 is 15.7 Å². The molecule has 1 aliphatic rings. The molecule has 25 heavy (non-hydrogen) atoms. The predicted molar refractivity (Wildman–Crippen MR) is 98.8 cm³/mol. The minimum Gasteiger partial charge on any atom is -0.388 e. The van der Waals surface area contributed by atoms with Crippen LogP contribution in [0.2, 0.25) is 0 Å². The summed E-state index contributed by atoms with van der Waals surface area (Å²) >= 11 is 0. The van der Waals surface area contributed by atoms with Crippen LogP contribution in [0.3, 0.4) is 0 Å². The van der Waals surface area contributed by atoms with E-state index in [2.05, 4.69) is 0 Å².